The van der Waals surface area contributed by atoms with Crippen LogP contribution in [0.4, 0.5) is 11.4 Å². The number of amides is 2. The van der Waals surface area contributed by atoms with Crippen LogP contribution in [0.15, 0.2) is 35.7 Å². The fourth-order valence-electron chi connectivity index (χ4n) is 3.02. The van der Waals surface area contributed by atoms with Crippen LogP contribution in [0.5, 0.6) is 0 Å². The molecule has 1 N–H and O–H groups in total. The maximum Gasteiger partial charge on any atom is 0.264 e. The quantitative estimate of drug-likeness (QED) is 0.633. The Hall–Kier alpha value is -2.38. The number of benzene rings is 1. The van der Waals surface area contributed by atoms with E-state index in [9.17, 15) is 9.59 Å². The lowest BCUT2D eigenvalue weighted by Gasteiger charge is -2.26. The topological polar surface area (TPSA) is 61.9 Å². The van der Waals surface area contributed by atoms with Gasteiger partial charge in [-0.15, -0.1) is 11.3 Å². The highest BCUT2D eigenvalue weighted by Gasteiger charge is 2.19. The van der Waals surface area contributed by atoms with E-state index < -0.39 is 0 Å². The minimum atomic E-state index is -0.0176. The van der Waals surface area contributed by atoms with Gasteiger partial charge in [0.2, 0.25) is 5.91 Å². The predicted octanol–water partition coefficient (Wildman–Crippen LogP) is 4.09. The van der Waals surface area contributed by atoms with E-state index in [-0.39, 0.29) is 11.8 Å². The molecule has 2 amide bonds. The number of hydrogen-bond donors (Lipinski definition) is 1. The number of methoxy groups -OCH3 is 1. The van der Waals surface area contributed by atoms with E-state index in [1.54, 1.807) is 12.0 Å². The van der Waals surface area contributed by atoms with Gasteiger partial charge in [-0.3, -0.25) is 9.59 Å². The summed E-state index contributed by atoms with van der Waals surface area (Å²) in [5, 5.41) is 4.87. The standard InChI is InChI=1S/C22H31N3O3S/c1-16(2)13-21(26)23-18-8-9-19(24(3)4)17(14-18)15-25(10-11-28-5)22(27)20-7-6-12-29-20/h6-9,12,14,16H,10-11,13,15H2,1-5H3,(H,23,26). The monoisotopic (exact) mass is 417 g/mol. The summed E-state index contributed by atoms with van der Waals surface area (Å²) in [6.45, 7) is 5.42. The van der Waals surface area contributed by atoms with E-state index in [0.717, 1.165) is 16.9 Å². The normalized spacial score (nSPS) is 10.8. The van der Waals surface area contributed by atoms with Crippen molar-refractivity contribution in [3.63, 3.8) is 0 Å². The van der Waals surface area contributed by atoms with Gasteiger partial charge in [0.15, 0.2) is 0 Å². The van der Waals surface area contributed by atoms with E-state index in [1.165, 1.54) is 11.3 Å². The van der Waals surface area contributed by atoms with Crippen LogP contribution >= 0.6 is 11.3 Å². The third-order valence-corrected chi connectivity index (χ3v) is 5.24. The van der Waals surface area contributed by atoms with Gasteiger partial charge in [-0.1, -0.05) is 19.9 Å². The van der Waals surface area contributed by atoms with Crippen molar-refractivity contribution in [1.29, 1.82) is 0 Å². The number of carbonyl (C=O) groups excluding carboxylic acids is 2. The van der Waals surface area contributed by atoms with E-state index in [2.05, 4.69) is 5.32 Å². The maximum atomic E-state index is 13.0. The van der Waals surface area contributed by atoms with Crippen LogP contribution in [-0.4, -0.2) is 51.1 Å². The van der Waals surface area contributed by atoms with Gasteiger partial charge in [0.05, 0.1) is 11.5 Å². The van der Waals surface area contributed by atoms with Crippen molar-refractivity contribution >= 4 is 34.5 Å². The largest absolute Gasteiger partial charge is 0.383 e. The second kappa shape index (κ2) is 11.0. The highest BCUT2D eigenvalue weighted by molar-refractivity contribution is 7.12. The Morgan fingerprint density at radius 3 is 2.55 bits per heavy atom. The number of nitrogens with one attached hydrogen (secondary N) is 1. The average Bonchev–Trinajstić information content (AvgIpc) is 3.18. The number of anilines is 2. The molecule has 0 aliphatic rings. The van der Waals surface area contributed by atoms with Gasteiger partial charge < -0.3 is 19.9 Å². The van der Waals surface area contributed by atoms with E-state index >= 15 is 0 Å². The molecular weight excluding hydrogens is 386 g/mol. The number of thiophene rings is 1. The molecule has 0 aliphatic carbocycles. The Bertz CT molecular complexity index is 804. The van der Waals surface area contributed by atoms with Gasteiger partial charge in [0.25, 0.3) is 5.91 Å². The van der Waals surface area contributed by atoms with Crippen LogP contribution in [0.2, 0.25) is 0 Å². The molecular formula is C22H31N3O3S. The highest BCUT2D eigenvalue weighted by Crippen LogP contribution is 2.26. The first-order valence-electron chi connectivity index (χ1n) is 9.73. The zero-order valence-electron chi connectivity index (χ0n) is 17.9. The summed E-state index contributed by atoms with van der Waals surface area (Å²) in [6.07, 6.45) is 0.474. The van der Waals surface area contributed by atoms with E-state index in [1.807, 2.05) is 68.6 Å². The summed E-state index contributed by atoms with van der Waals surface area (Å²) >= 11 is 1.43. The lowest BCUT2D eigenvalue weighted by molar-refractivity contribution is -0.116. The van der Waals surface area contributed by atoms with Gasteiger partial charge in [0.1, 0.15) is 0 Å². The molecule has 6 nitrogen and oxygen atoms in total. The van der Waals surface area contributed by atoms with Gasteiger partial charge in [0, 0.05) is 52.1 Å². The molecule has 158 valence electrons. The smallest absolute Gasteiger partial charge is 0.264 e. The summed E-state index contributed by atoms with van der Waals surface area (Å²) in [6, 6.07) is 9.54. The molecule has 1 heterocycles. The number of rotatable bonds is 10. The van der Waals surface area contributed by atoms with Crippen molar-refractivity contribution in [1.82, 2.24) is 4.90 Å². The number of carbonyl (C=O) groups is 2. The molecule has 0 aliphatic heterocycles. The summed E-state index contributed by atoms with van der Waals surface area (Å²) in [7, 11) is 5.57. The van der Waals surface area contributed by atoms with Crippen LogP contribution < -0.4 is 10.2 Å². The average molecular weight is 418 g/mol. The highest BCUT2D eigenvalue weighted by atomic mass is 32.1. The minimum absolute atomic E-state index is 0.00514. The van der Waals surface area contributed by atoms with E-state index in [0.29, 0.717) is 36.9 Å². The number of ether oxygens (including phenoxy) is 1. The van der Waals surface area contributed by atoms with E-state index in [4.69, 9.17) is 4.74 Å². The first-order chi connectivity index (χ1) is 13.8. The molecule has 0 unspecified atom stereocenters. The summed E-state index contributed by atoms with van der Waals surface area (Å²) in [5.74, 6) is 0.272. The van der Waals surface area contributed by atoms with Crippen molar-refractivity contribution in [3.8, 4) is 0 Å². The Balaban J connectivity index is 2.28. The zero-order chi connectivity index (χ0) is 21.4. The number of nitrogens with zero attached hydrogens (tertiary/aromatic N) is 2. The van der Waals surface area contributed by atoms with Crippen LogP contribution in [0, 0.1) is 5.92 Å². The first-order valence-corrected chi connectivity index (χ1v) is 10.6. The molecule has 0 atom stereocenters. The molecule has 1 aromatic heterocycles. The van der Waals surface area contributed by atoms with Gasteiger partial charge in [-0.25, -0.2) is 0 Å². The fraction of sp³-hybridized carbons (Fsp3) is 0.455. The lowest BCUT2D eigenvalue weighted by atomic mass is 10.1. The summed E-state index contributed by atoms with van der Waals surface area (Å²) < 4.78 is 5.21. The van der Waals surface area contributed by atoms with Crippen LogP contribution in [0.1, 0.15) is 35.5 Å². The third-order valence-electron chi connectivity index (χ3n) is 4.38. The zero-order valence-corrected chi connectivity index (χ0v) is 18.7. The molecule has 7 heteroatoms. The van der Waals surface area contributed by atoms with Crippen molar-refractivity contribution in [3.05, 3.63) is 46.2 Å². The molecule has 0 bridgehead atoms. The van der Waals surface area contributed by atoms with Crippen molar-refractivity contribution in [2.75, 3.05) is 44.6 Å². The first kappa shape index (κ1) is 22.9. The second-order valence-corrected chi connectivity index (χ2v) is 8.53. The van der Waals surface area contributed by atoms with Gasteiger partial charge >= 0.3 is 0 Å². The van der Waals surface area contributed by atoms with Gasteiger partial charge in [-0.05, 0) is 41.1 Å². The molecule has 0 fully saturated rings. The molecule has 2 aromatic rings. The van der Waals surface area contributed by atoms with Crippen LogP contribution in [-0.2, 0) is 16.1 Å². The Labute approximate surface area is 177 Å². The molecule has 29 heavy (non-hydrogen) atoms. The number of hydrogen-bond acceptors (Lipinski definition) is 5. The molecule has 0 saturated heterocycles. The van der Waals surface area contributed by atoms with Gasteiger partial charge in [-0.2, -0.15) is 0 Å². The molecule has 0 radical (unpaired) electrons. The lowest BCUT2D eigenvalue weighted by Crippen LogP contribution is -2.33. The van der Waals surface area contributed by atoms with Crippen molar-refractivity contribution < 1.29 is 14.3 Å². The second-order valence-electron chi connectivity index (χ2n) is 7.58. The molecule has 2 rings (SSSR count). The third kappa shape index (κ3) is 6.87. The molecule has 0 saturated carbocycles. The predicted molar refractivity (Wildman–Crippen MR) is 120 cm³/mol. The summed E-state index contributed by atoms with van der Waals surface area (Å²) in [4.78, 5) is 29.7. The fourth-order valence-corrected chi connectivity index (χ4v) is 3.72. The van der Waals surface area contributed by atoms with Crippen molar-refractivity contribution in [2.45, 2.75) is 26.8 Å². The SMILES string of the molecule is COCCN(Cc1cc(NC(=O)CC(C)C)ccc1N(C)C)C(=O)c1cccs1. The Morgan fingerprint density at radius 2 is 1.97 bits per heavy atom. The summed E-state index contributed by atoms with van der Waals surface area (Å²) in [5.41, 5.74) is 2.72. The van der Waals surface area contributed by atoms with Crippen molar-refractivity contribution in [2.24, 2.45) is 5.92 Å². The minimum Gasteiger partial charge on any atom is -0.383 e. The van der Waals surface area contributed by atoms with Crippen LogP contribution in [0.3, 0.4) is 0 Å². The Morgan fingerprint density at radius 1 is 1.21 bits per heavy atom. The maximum absolute atomic E-state index is 13.0. The molecule has 0 spiro atoms. The molecule has 1 aromatic carbocycles. The Kier molecular flexibility index (Phi) is 8.67. The van der Waals surface area contributed by atoms with Crippen LogP contribution in [0.25, 0.3) is 0 Å².